The maximum Gasteiger partial charge on any atom is 0.320 e. The summed E-state index contributed by atoms with van der Waals surface area (Å²) < 4.78 is -1.79. The van der Waals surface area contributed by atoms with Crippen molar-refractivity contribution in [3.05, 3.63) is 5.82 Å². The minimum Gasteiger partial charge on any atom is -0.337 e. The third-order valence-corrected chi connectivity index (χ3v) is 4.38. The normalized spacial score (nSPS) is 15.3. The molecule has 140 valence electrons. The van der Waals surface area contributed by atoms with Gasteiger partial charge in [-0.2, -0.15) is 15.0 Å². The van der Waals surface area contributed by atoms with Crippen molar-refractivity contribution in [1.82, 2.24) is 24.8 Å². The van der Waals surface area contributed by atoms with Gasteiger partial charge in [0.05, 0.1) is 0 Å². The summed E-state index contributed by atoms with van der Waals surface area (Å²) in [4.78, 5) is 30.3. The first-order valence-corrected chi connectivity index (χ1v) is 9.02. The molecular weight excluding hydrogens is 391 g/mol. The van der Waals surface area contributed by atoms with Crippen LogP contribution in [-0.2, 0) is 3.79 Å². The molecule has 0 radical (unpaired) electrons. The number of anilines is 2. The second-order valence-corrected chi connectivity index (χ2v) is 7.63. The number of aromatic nitrogens is 3. The SMILES string of the molecule is CCN(CC)C(=O)N1CCN(c2nc(NN)nc(C(Cl)(Cl)Cl)n2)CC1. The Kier molecular flexibility index (Phi) is 6.72. The van der Waals surface area contributed by atoms with Gasteiger partial charge in [-0.05, 0) is 13.8 Å². The number of hydrogen-bond acceptors (Lipinski definition) is 7. The number of nitrogens with two attached hydrogens (primary N) is 1. The molecule has 3 N–H and O–H groups in total. The highest BCUT2D eigenvalue weighted by Crippen LogP contribution is 2.36. The van der Waals surface area contributed by atoms with E-state index in [0.717, 1.165) is 0 Å². The molecule has 2 heterocycles. The number of halogens is 3. The number of amides is 2. The van der Waals surface area contributed by atoms with Gasteiger partial charge in [-0.3, -0.25) is 5.43 Å². The average molecular weight is 412 g/mol. The topological polar surface area (TPSA) is 104 Å². The molecule has 9 nitrogen and oxygen atoms in total. The van der Waals surface area contributed by atoms with E-state index in [0.29, 0.717) is 45.2 Å². The molecule has 1 aliphatic rings. The molecule has 25 heavy (non-hydrogen) atoms. The van der Waals surface area contributed by atoms with E-state index in [1.807, 2.05) is 23.6 Å². The number of carbonyl (C=O) groups is 1. The predicted molar refractivity (Wildman–Crippen MR) is 99.0 cm³/mol. The minimum absolute atomic E-state index is 0.0166. The fraction of sp³-hybridized carbons (Fsp3) is 0.692. The zero-order valence-corrected chi connectivity index (χ0v) is 16.3. The summed E-state index contributed by atoms with van der Waals surface area (Å²) in [6.45, 7) is 7.50. The van der Waals surface area contributed by atoms with Gasteiger partial charge in [-0.1, -0.05) is 34.8 Å². The van der Waals surface area contributed by atoms with E-state index in [1.165, 1.54) is 0 Å². The lowest BCUT2D eigenvalue weighted by Gasteiger charge is -2.37. The standard InChI is InChI=1S/C13H21Cl3N8O/c1-3-22(4-2)12(25)24-7-5-23(6-8-24)11-19-9(13(14,15)16)18-10(20-11)21-17/h3-8,17H2,1-2H3,(H,18,19,20,21). The number of nitrogen functional groups attached to an aromatic ring is 1. The van der Waals surface area contributed by atoms with E-state index >= 15 is 0 Å². The number of carbonyl (C=O) groups excluding carboxylic acids is 1. The molecule has 0 spiro atoms. The fourth-order valence-electron chi connectivity index (χ4n) is 2.49. The van der Waals surface area contributed by atoms with Gasteiger partial charge in [-0.25, -0.2) is 10.6 Å². The summed E-state index contributed by atoms with van der Waals surface area (Å²) >= 11 is 17.6. The number of nitrogens with one attached hydrogen (secondary N) is 1. The van der Waals surface area contributed by atoms with E-state index in [9.17, 15) is 4.79 Å². The predicted octanol–water partition coefficient (Wildman–Crippen LogP) is 1.57. The van der Waals surface area contributed by atoms with Gasteiger partial charge < -0.3 is 14.7 Å². The first-order chi connectivity index (χ1) is 11.8. The highest BCUT2D eigenvalue weighted by molar-refractivity contribution is 6.66. The molecule has 0 bridgehead atoms. The lowest BCUT2D eigenvalue weighted by Crippen LogP contribution is -2.53. The van der Waals surface area contributed by atoms with Gasteiger partial charge in [0.2, 0.25) is 15.7 Å². The maximum atomic E-state index is 12.4. The van der Waals surface area contributed by atoms with E-state index in [4.69, 9.17) is 40.6 Å². The largest absolute Gasteiger partial charge is 0.337 e. The smallest absolute Gasteiger partial charge is 0.320 e. The van der Waals surface area contributed by atoms with Crippen LogP contribution in [0.4, 0.5) is 16.7 Å². The van der Waals surface area contributed by atoms with Crippen LogP contribution < -0.4 is 16.2 Å². The fourth-order valence-corrected chi connectivity index (χ4v) is 2.74. The summed E-state index contributed by atoms with van der Waals surface area (Å²) in [7, 11) is 0. The minimum atomic E-state index is -1.79. The Balaban J connectivity index is 2.11. The van der Waals surface area contributed by atoms with Gasteiger partial charge in [-0.15, -0.1) is 0 Å². The lowest BCUT2D eigenvalue weighted by atomic mass is 10.3. The number of nitrogens with zero attached hydrogens (tertiary/aromatic N) is 6. The van der Waals surface area contributed by atoms with E-state index < -0.39 is 3.79 Å². The molecule has 0 atom stereocenters. The Labute approximate surface area is 161 Å². The number of alkyl halides is 3. The first-order valence-electron chi connectivity index (χ1n) is 7.88. The molecule has 0 aliphatic carbocycles. The second-order valence-electron chi connectivity index (χ2n) is 5.35. The molecule has 0 saturated carbocycles. The molecule has 1 aromatic heterocycles. The van der Waals surface area contributed by atoms with Crippen LogP contribution in [-0.4, -0.2) is 70.1 Å². The highest BCUT2D eigenvalue weighted by Gasteiger charge is 2.30. The summed E-state index contributed by atoms with van der Waals surface area (Å²) in [5, 5.41) is 0. The molecule has 0 aromatic carbocycles. The Bertz CT molecular complexity index is 599. The Morgan fingerprint density at radius 2 is 1.76 bits per heavy atom. The van der Waals surface area contributed by atoms with E-state index in [-0.39, 0.29) is 17.8 Å². The van der Waals surface area contributed by atoms with Gasteiger partial charge >= 0.3 is 6.03 Å². The summed E-state index contributed by atoms with van der Waals surface area (Å²) in [5.74, 6) is 5.81. The van der Waals surface area contributed by atoms with Crippen LogP contribution in [0.5, 0.6) is 0 Å². The summed E-state index contributed by atoms with van der Waals surface area (Å²) in [6.07, 6.45) is 0. The van der Waals surface area contributed by atoms with E-state index in [2.05, 4.69) is 20.4 Å². The van der Waals surface area contributed by atoms with Gasteiger partial charge in [0.25, 0.3) is 0 Å². The quantitative estimate of drug-likeness (QED) is 0.440. The van der Waals surface area contributed by atoms with E-state index in [1.54, 1.807) is 4.90 Å². The number of rotatable bonds is 4. The van der Waals surface area contributed by atoms with Crippen molar-refractivity contribution in [3.63, 3.8) is 0 Å². The van der Waals surface area contributed by atoms with Crippen molar-refractivity contribution in [1.29, 1.82) is 0 Å². The zero-order valence-electron chi connectivity index (χ0n) is 14.0. The van der Waals surface area contributed by atoms with Gasteiger partial charge in [0.1, 0.15) is 0 Å². The van der Waals surface area contributed by atoms with Crippen molar-refractivity contribution >= 4 is 52.7 Å². The summed E-state index contributed by atoms with van der Waals surface area (Å²) in [5.41, 5.74) is 2.34. The average Bonchev–Trinajstić information content (AvgIpc) is 2.61. The number of urea groups is 1. The van der Waals surface area contributed by atoms with Crippen LogP contribution in [0.2, 0.25) is 0 Å². The zero-order chi connectivity index (χ0) is 18.6. The molecular formula is C13H21Cl3N8O. The van der Waals surface area contributed by atoms with Crippen LogP contribution in [0.3, 0.4) is 0 Å². The first kappa shape index (κ1) is 20.0. The Hall–Kier alpha value is -1.29. The lowest BCUT2D eigenvalue weighted by molar-refractivity contribution is 0.154. The highest BCUT2D eigenvalue weighted by atomic mass is 35.6. The van der Waals surface area contributed by atoms with Crippen molar-refractivity contribution in [2.45, 2.75) is 17.6 Å². The van der Waals surface area contributed by atoms with Crippen molar-refractivity contribution in [2.24, 2.45) is 5.84 Å². The molecule has 1 saturated heterocycles. The van der Waals surface area contributed by atoms with Crippen LogP contribution in [0.15, 0.2) is 0 Å². The Morgan fingerprint density at radius 1 is 1.16 bits per heavy atom. The van der Waals surface area contributed by atoms with Gasteiger partial charge in [0, 0.05) is 39.3 Å². The summed E-state index contributed by atoms with van der Waals surface area (Å²) in [6, 6.07) is 0.0339. The van der Waals surface area contributed by atoms with Gasteiger partial charge in [0.15, 0.2) is 5.82 Å². The van der Waals surface area contributed by atoms with Crippen molar-refractivity contribution in [2.75, 3.05) is 49.6 Å². The molecule has 2 rings (SSSR count). The van der Waals surface area contributed by atoms with Crippen LogP contribution in [0.25, 0.3) is 0 Å². The van der Waals surface area contributed by atoms with Crippen LogP contribution in [0.1, 0.15) is 19.7 Å². The number of hydrogen-bond donors (Lipinski definition) is 2. The monoisotopic (exact) mass is 410 g/mol. The molecule has 1 fully saturated rings. The number of hydrazine groups is 1. The third-order valence-electron chi connectivity index (χ3n) is 3.87. The van der Waals surface area contributed by atoms with Crippen LogP contribution >= 0.6 is 34.8 Å². The molecule has 1 aromatic rings. The van der Waals surface area contributed by atoms with Crippen LogP contribution in [0, 0.1) is 0 Å². The third kappa shape index (κ3) is 4.87. The molecule has 1 aliphatic heterocycles. The number of piperazine rings is 1. The van der Waals surface area contributed by atoms with Crippen molar-refractivity contribution < 1.29 is 4.79 Å². The molecule has 0 unspecified atom stereocenters. The molecule has 2 amide bonds. The second kappa shape index (κ2) is 8.39. The Morgan fingerprint density at radius 3 is 2.24 bits per heavy atom. The maximum absolute atomic E-state index is 12.4. The van der Waals surface area contributed by atoms with Crippen molar-refractivity contribution in [3.8, 4) is 0 Å². The molecule has 12 heteroatoms.